The lowest BCUT2D eigenvalue weighted by atomic mass is 9.75. The number of carbonyl (C=O) groups excluding carboxylic acids is 2. The zero-order valence-corrected chi connectivity index (χ0v) is 23.8. The molecule has 1 amide bonds. The van der Waals surface area contributed by atoms with Gasteiger partial charge in [-0.2, -0.15) is 0 Å². The van der Waals surface area contributed by atoms with E-state index in [-0.39, 0.29) is 12.1 Å². The van der Waals surface area contributed by atoms with Crippen LogP contribution < -0.4 is 0 Å². The first-order valence-corrected chi connectivity index (χ1v) is 13.5. The molecular weight excluding hydrogens is 514 g/mol. The minimum atomic E-state index is -0.984. The monoisotopic (exact) mass is 547 g/mol. The summed E-state index contributed by atoms with van der Waals surface area (Å²) >= 11 is 6.58. The molecule has 204 valence electrons. The van der Waals surface area contributed by atoms with Crippen molar-refractivity contribution in [3.05, 3.63) is 82.2 Å². The van der Waals surface area contributed by atoms with Crippen LogP contribution in [0.5, 0.6) is 0 Å². The lowest BCUT2D eigenvalue weighted by Gasteiger charge is -2.40. The maximum atomic E-state index is 12.9. The number of ether oxygens (including phenoxy) is 1. The number of pyridine rings is 1. The van der Waals surface area contributed by atoms with Crippen molar-refractivity contribution in [1.82, 2.24) is 24.3 Å². The lowest BCUT2D eigenvalue weighted by molar-refractivity contribution is -0.110. The summed E-state index contributed by atoms with van der Waals surface area (Å²) in [5.41, 5.74) is 3.85. The molecule has 0 bridgehead atoms. The summed E-state index contributed by atoms with van der Waals surface area (Å²) < 4.78 is 7.48. The van der Waals surface area contributed by atoms with Gasteiger partial charge in [-0.05, 0) is 74.2 Å². The third kappa shape index (κ3) is 5.11. The minimum Gasteiger partial charge on any atom is -0.444 e. The normalized spacial score (nSPS) is 19.3. The van der Waals surface area contributed by atoms with E-state index < -0.39 is 11.0 Å². The van der Waals surface area contributed by atoms with Gasteiger partial charge >= 0.3 is 6.09 Å². The first kappa shape index (κ1) is 27.1. The van der Waals surface area contributed by atoms with Crippen molar-refractivity contribution >= 4 is 35.6 Å². The number of hydrogen-bond donors (Lipinski definition) is 0. The number of amides is 1. The number of allylic oxidation sites excluding steroid dienone is 1. The molecule has 0 N–H and O–H groups in total. The number of hydrogen-bond acceptors (Lipinski definition) is 6. The highest BCUT2D eigenvalue weighted by atomic mass is 35.5. The van der Waals surface area contributed by atoms with Crippen LogP contribution in [0.15, 0.2) is 49.1 Å². The number of aryl methyl sites for hydroxylation is 1. The second-order valence-electron chi connectivity index (χ2n) is 11.4. The fourth-order valence-electron chi connectivity index (χ4n) is 5.57. The van der Waals surface area contributed by atoms with Crippen molar-refractivity contribution in [3.63, 3.8) is 0 Å². The predicted molar refractivity (Wildman–Crippen MR) is 151 cm³/mol. The van der Waals surface area contributed by atoms with Crippen LogP contribution in [0.4, 0.5) is 4.79 Å². The van der Waals surface area contributed by atoms with Crippen LogP contribution in [0.3, 0.4) is 0 Å². The second kappa shape index (κ2) is 10.2. The van der Waals surface area contributed by atoms with Crippen LogP contribution in [-0.4, -0.2) is 68.5 Å². The van der Waals surface area contributed by atoms with E-state index >= 15 is 0 Å². The van der Waals surface area contributed by atoms with E-state index in [1.807, 2.05) is 69.6 Å². The van der Waals surface area contributed by atoms with E-state index in [9.17, 15) is 9.59 Å². The summed E-state index contributed by atoms with van der Waals surface area (Å²) in [4.78, 5) is 38.9. The molecule has 1 fully saturated rings. The van der Waals surface area contributed by atoms with Gasteiger partial charge in [0.15, 0.2) is 0 Å². The third-order valence-electron chi connectivity index (χ3n) is 7.51. The molecule has 2 atom stereocenters. The van der Waals surface area contributed by atoms with Crippen molar-refractivity contribution < 1.29 is 14.3 Å². The number of aldehydes is 1. The molecule has 8 nitrogen and oxygen atoms in total. The number of halogens is 1. The topological polar surface area (TPSA) is 80.6 Å². The Bertz CT molecular complexity index is 1430. The van der Waals surface area contributed by atoms with Crippen LogP contribution in [0.25, 0.3) is 11.6 Å². The van der Waals surface area contributed by atoms with Gasteiger partial charge in [-0.25, -0.2) is 9.78 Å². The largest absolute Gasteiger partial charge is 0.444 e. The van der Waals surface area contributed by atoms with Gasteiger partial charge in [-0.15, -0.1) is 0 Å². The Morgan fingerprint density at radius 2 is 1.87 bits per heavy atom. The second-order valence-corrected chi connectivity index (χ2v) is 11.8. The first-order valence-electron chi connectivity index (χ1n) is 13.1. The van der Waals surface area contributed by atoms with Gasteiger partial charge < -0.3 is 19.0 Å². The molecule has 1 aromatic carbocycles. The minimum absolute atomic E-state index is 0.189. The first-order chi connectivity index (χ1) is 18.5. The molecule has 1 aliphatic carbocycles. The number of imidazole rings is 1. The van der Waals surface area contributed by atoms with Gasteiger partial charge in [0.05, 0.1) is 29.2 Å². The van der Waals surface area contributed by atoms with Crippen molar-refractivity contribution in [3.8, 4) is 0 Å². The number of piperazine rings is 1. The Balaban J connectivity index is 1.59. The van der Waals surface area contributed by atoms with E-state index in [0.29, 0.717) is 31.2 Å². The van der Waals surface area contributed by atoms with E-state index in [4.69, 9.17) is 21.3 Å². The molecule has 9 heteroatoms. The van der Waals surface area contributed by atoms with Gasteiger partial charge in [0.2, 0.25) is 0 Å². The number of fused-ring (bicyclic) bond motifs is 2. The zero-order valence-electron chi connectivity index (χ0n) is 23.0. The van der Waals surface area contributed by atoms with Crippen LogP contribution in [0.2, 0.25) is 5.02 Å². The van der Waals surface area contributed by atoms with E-state index in [2.05, 4.69) is 16.0 Å². The molecule has 5 rings (SSSR count). The van der Waals surface area contributed by atoms with Crippen molar-refractivity contribution in [2.75, 3.05) is 26.2 Å². The van der Waals surface area contributed by atoms with Crippen molar-refractivity contribution in [2.24, 2.45) is 7.05 Å². The molecule has 1 unspecified atom stereocenters. The van der Waals surface area contributed by atoms with Crippen LogP contribution in [0, 0.1) is 0 Å². The Morgan fingerprint density at radius 1 is 1.13 bits per heavy atom. The molecule has 0 spiro atoms. The Labute approximate surface area is 234 Å². The van der Waals surface area contributed by atoms with Crippen molar-refractivity contribution in [2.45, 2.75) is 44.8 Å². The predicted octanol–water partition coefficient (Wildman–Crippen LogP) is 5.12. The average Bonchev–Trinajstić information content (AvgIpc) is 3.28. The molecule has 0 radical (unpaired) electrons. The lowest BCUT2D eigenvalue weighted by Crippen LogP contribution is -2.51. The quantitative estimate of drug-likeness (QED) is 0.422. The summed E-state index contributed by atoms with van der Waals surface area (Å²) in [6, 6.07) is 9.62. The molecule has 1 aliphatic heterocycles. The fourth-order valence-corrected chi connectivity index (χ4v) is 5.74. The molecule has 2 aliphatic rings. The number of benzene rings is 1. The zero-order chi connectivity index (χ0) is 27.9. The van der Waals surface area contributed by atoms with E-state index in [1.54, 1.807) is 23.6 Å². The number of aromatic nitrogens is 3. The number of rotatable bonds is 4. The molecule has 3 aromatic rings. The molecule has 3 heterocycles. The number of carbonyl (C=O) groups is 2. The highest BCUT2D eigenvalue weighted by Crippen LogP contribution is 2.46. The molecule has 1 saturated heterocycles. The maximum Gasteiger partial charge on any atom is 0.410 e. The summed E-state index contributed by atoms with van der Waals surface area (Å²) in [6.45, 7) is 9.91. The molecule has 0 saturated carbocycles. The third-order valence-corrected chi connectivity index (χ3v) is 7.74. The smallest absolute Gasteiger partial charge is 0.410 e. The van der Waals surface area contributed by atoms with Gasteiger partial charge in [-0.3, -0.25) is 9.88 Å². The van der Waals surface area contributed by atoms with Crippen LogP contribution in [-0.2, 0) is 22.0 Å². The van der Waals surface area contributed by atoms with Gasteiger partial charge in [0.1, 0.15) is 11.9 Å². The highest BCUT2D eigenvalue weighted by Gasteiger charge is 2.40. The molecule has 2 aromatic heterocycles. The van der Waals surface area contributed by atoms with Crippen LogP contribution >= 0.6 is 11.6 Å². The Kier molecular flexibility index (Phi) is 7.11. The van der Waals surface area contributed by atoms with E-state index in [0.717, 1.165) is 39.9 Å². The molecule has 39 heavy (non-hydrogen) atoms. The van der Waals surface area contributed by atoms with Crippen molar-refractivity contribution in [1.29, 1.82) is 0 Å². The maximum absolute atomic E-state index is 12.9. The summed E-state index contributed by atoms with van der Waals surface area (Å²) in [5.74, 6) is 0. The average molecular weight is 548 g/mol. The van der Waals surface area contributed by atoms with Gasteiger partial charge in [0, 0.05) is 50.6 Å². The Hall–Kier alpha value is -3.49. The Morgan fingerprint density at radius 3 is 2.51 bits per heavy atom. The number of nitrogens with zero attached hydrogens (tertiary/aromatic N) is 5. The highest BCUT2D eigenvalue weighted by molar-refractivity contribution is 6.30. The molecular formula is C30H34ClN5O3. The fraction of sp³-hybridized carbons (Fsp3) is 0.400. The van der Waals surface area contributed by atoms with E-state index in [1.165, 1.54) is 0 Å². The SMILES string of the molecule is Cn1cncc1C(C)(C=O)C1=Cc2cccnc2[C@@H](N2CCN(C(=O)OC(C)(C)C)CC2)c2ccc(Cl)cc21. The summed E-state index contributed by atoms with van der Waals surface area (Å²) in [6.07, 6.45) is 8.00. The summed E-state index contributed by atoms with van der Waals surface area (Å²) in [5, 5.41) is 0.588. The van der Waals surface area contributed by atoms with Gasteiger partial charge in [0.25, 0.3) is 0 Å². The van der Waals surface area contributed by atoms with Gasteiger partial charge in [-0.1, -0.05) is 23.7 Å². The summed E-state index contributed by atoms with van der Waals surface area (Å²) in [7, 11) is 1.89. The standard InChI is InChI=1S/C30H34ClN5O3/c1-29(2,3)39-28(38)36-13-11-35(12-14-36)27-22-9-8-21(31)16-23(22)24(15-20-7-6-10-33-26(20)27)30(4,18-37)25-17-32-19-34(25)5/h6-10,15-19,27H,11-14H2,1-5H3/t27-,30?/m0/s1. The van der Waals surface area contributed by atoms with Crippen LogP contribution in [0.1, 0.15) is 61.8 Å².